The van der Waals surface area contributed by atoms with Crippen molar-refractivity contribution in [3.8, 4) is 0 Å². The van der Waals surface area contributed by atoms with Gasteiger partial charge in [-0.3, -0.25) is 4.79 Å². The van der Waals surface area contributed by atoms with E-state index in [-0.39, 0.29) is 5.92 Å². The minimum Gasteiger partial charge on any atom is -0.481 e. The van der Waals surface area contributed by atoms with Crippen LogP contribution in [0.2, 0.25) is 0 Å². The first-order valence-electron chi connectivity index (χ1n) is 8.30. The standard InChI is InChI=1S/C17H27N3O2/c1-3-4-9-20(13-14(2)17(21)22)15-7-8-16(18-12-15)19-10-5-6-11-19/h7-8,12,14H,3-6,9-11,13H2,1-2H3,(H,21,22). The number of unbranched alkanes of at least 4 members (excludes halogenated alkanes) is 1. The summed E-state index contributed by atoms with van der Waals surface area (Å²) in [5.74, 6) is -0.0961. The lowest BCUT2D eigenvalue weighted by atomic mass is 10.1. The summed E-state index contributed by atoms with van der Waals surface area (Å²) in [6.07, 6.45) is 6.51. The number of carboxylic acids is 1. The summed E-state index contributed by atoms with van der Waals surface area (Å²) < 4.78 is 0. The van der Waals surface area contributed by atoms with Crippen LogP contribution in [0.3, 0.4) is 0 Å². The zero-order valence-electron chi connectivity index (χ0n) is 13.7. The number of anilines is 2. The second-order valence-electron chi connectivity index (χ2n) is 6.11. The fraction of sp³-hybridized carbons (Fsp3) is 0.647. The van der Waals surface area contributed by atoms with E-state index >= 15 is 0 Å². The third-order valence-corrected chi connectivity index (χ3v) is 4.22. The molecule has 0 aliphatic carbocycles. The van der Waals surface area contributed by atoms with Crippen molar-refractivity contribution in [1.82, 2.24) is 4.98 Å². The molecule has 1 unspecified atom stereocenters. The molecular formula is C17H27N3O2. The molecule has 22 heavy (non-hydrogen) atoms. The number of nitrogens with zero attached hydrogens (tertiary/aromatic N) is 3. The van der Waals surface area contributed by atoms with Crippen LogP contribution in [0.1, 0.15) is 39.5 Å². The Morgan fingerprint density at radius 2 is 2.14 bits per heavy atom. The lowest BCUT2D eigenvalue weighted by Gasteiger charge is -2.27. The molecule has 2 heterocycles. The topological polar surface area (TPSA) is 56.7 Å². The van der Waals surface area contributed by atoms with Crippen molar-refractivity contribution in [2.24, 2.45) is 5.92 Å². The minimum absolute atomic E-state index is 0.380. The summed E-state index contributed by atoms with van der Waals surface area (Å²) in [7, 11) is 0. The summed E-state index contributed by atoms with van der Waals surface area (Å²) in [5, 5.41) is 9.14. The Labute approximate surface area is 132 Å². The lowest BCUT2D eigenvalue weighted by Crippen LogP contribution is -2.32. The smallest absolute Gasteiger partial charge is 0.308 e. The maximum Gasteiger partial charge on any atom is 0.308 e. The Morgan fingerprint density at radius 1 is 1.41 bits per heavy atom. The van der Waals surface area contributed by atoms with Gasteiger partial charge in [0, 0.05) is 26.2 Å². The van der Waals surface area contributed by atoms with Gasteiger partial charge in [0.1, 0.15) is 5.82 Å². The number of pyridine rings is 1. The first kappa shape index (κ1) is 16.6. The van der Waals surface area contributed by atoms with Crippen molar-refractivity contribution in [3.05, 3.63) is 18.3 Å². The Kier molecular flexibility index (Phi) is 6.04. The maximum atomic E-state index is 11.1. The molecule has 1 aromatic heterocycles. The van der Waals surface area contributed by atoms with Crippen molar-refractivity contribution in [2.45, 2.75) is 39.5 Å². The van der Waals surface area contributed by atoms with Gasteiger partial charge in [0.25, 0.3) is 0 Å². The van der Waals surface area contributed by atoms with Crippen LogP contribution >= 0.6 is 0 Å². The maximum absolute atomic E-state index is 11.1. The van der Waals surface area contributed by atoms with E-state index in [0.29, 0.717) is 6.54 Å². The zero-order valence-corrected chi connectivity index (χ0v) is 13.7. The van der Waals surface area contributed by atoms with Crippen LogP contribution in [0.4, 0.5) is 11.5 Å². The van der Waals surface area contributed by atoms with Crippen LogP contribution in [0.15, 0.2) is 18.3 Å². The molecule has 0 amide bonds. The number of aromatic nitrogens is 1. The molecule has 1 atom stereocenters. The van der Waals surface area contributed by atoms with Crippen molar-refractivity contribution in [3.63, 3.8) is 0 Å². The van der Waals surface area contributed by atoms with E-state index in [4.69, 9.17) is 5.11 Å². The Morgan fingerprint density at radius 3 is 2.68 bits per heavy atom. The van der Waals surface area contributed by atoms with Crippen LogP contribution in [0.25, 0.3) is 0 Å². The second-order valence-corrected chi connectivity index (χ2v) is 6.11. The van der Waals surface area contributed by atoms with E-state index in [1.807, 2.05) is 6.20 Å². The number of carbonyl (C=O) groups is 1. The molecule has 0 aromatic carbocycles. The summed E-state index contributed by atoms with van der Waals surface area (Å²) in [6.45, 7) is 7.48. The van der Waals surface area contributed by atoms with Crippen molar-refractivity contribution in [2.75, 3.05) is 36.0 Å². The molecule has 1 aromatic rings. The van der Waals surface area contributed by atoms with Gasteiger partial charge < -0.3 is 14.9 Å². The molecule has 0 spiro atoms. The monoisotopic (exact) mass is 305 g/mol. The third-order valence-electron chi connectivity index (χ3n) is 4.22. The molecule has 1 N–H and O–H groups in total. The van der Waals surface area contributed by atoms with E-state index in [1.54, 1.807) is 6.92 Å². The van der Waals surface area contributed by atoms with E-state index in [1.165, 1.54) is 12.8 Å². The molecule has 1 saturated heterocycles. The van der Waals surface area contributed by atoms with Crippen LogP contribution < -0.4 is 9.80 Å². The predicted molar refractivity (Wildman–Crippen MR) is 89.6 cm³/mol. The highest BCUT2D eigenvalue weighted by Crippen LogP contribution is 2.22. The highest BCUT2D eigenvalue weighted by atomic mass is 16.4. The Hall–Kier alpha value is -1.78. The highest BCUT2D eigenvalue weighted by Gasteiger charge is 2.18. The van der Waals surface area contributed by atoms with E-state index in [2.05, 4.69) is 33.8 Å². The van der Waals surface area contributed by atoms with Gasteiger partial charge >= 0.3 is 5.97 Å². The Bertz CT molecular complexity index is 469. The number of aliphatic carboxylic acids is 1. The highest BCUT2D eigenvalue weighted by molar-refractivity contribution is 5.70. The number of hydrogen-bond acceptors (Lipinski definition) is 4. The third kappa shape index (κ3) is 4.36. The summed E-state index contributed by atoms with van der Waals surface area (Å²) in [5.41, 5.74) is 1.02. The molecule has 2 rings (SSSR count). The van der Waals surface area contributed by atoms with Crippen molar-refractivity contribution in [1.29, 1.82) is 0 Å². The SMILES string of the molecule is CCCCN(CC(C)C(=O)O)c1ccc(N2CCCC2)nc1. The van der Waals surface area contributed by atoms with Crippen molar-refractivity contribution >= 4 is 17.5 Å². The van der Waals surface area contributed by atoms with Crippen LogP contribution in [-0.4, -0.2) is 42.2 Å². The van der Waals surface area contributed by atoms with Gasteiger partial charge in [0.15, 0.2) is 0 Å². The van der Waals surface area contributed by atoms with Gasteiger partial charge in [0.05, 0.1) is 17.8 Å². The quantitative estimate of drug-likeness (QED) is 0.800. The first-order chi connectivity index (χ1) is 10.6. The lowest BCUT2D eigenvalue weighted by molar-refractivity contribution is -0.140. The van der Waals surface area contributed by atoms with E-state index in [0.717, 1.165) is 44.0 Å². The molecule has 0 radical (unpaired) electrons. The number of hydrogen-bond donors (Lipinski definition) is 1. The fourth-order valence-electron chi connectivity index (χ4n) is 2.78. The average Bonchev–Trinajstić information content (AvgIpc) is 3.05. The van der Waals surface area contributed by atoms with Gasteiger partial charge in [-0.25, -0.2) is 4.98 Å². The van der Waals surface area contributed by atoms with Crippen molar-refractivity contribution < 1.29 is 9.90 Å². The van der Waals surface area contributed by atoms with Gasteiger partial charge in [-0.15, -0.1) is 0 Å². The van der Waals surface area contributed by atoms with E-state index in [9.17, 15) is 4.79 Å². The van der Waals surface area contributed by atoms with Gasteiger partial charge in [-0.2, -0.15) is 0 Å². The molecule has 1 aliphatic heterocycles. The fourth-order valence-corrected chi connectivity index (χ4v) is 2.78. The number of rotatable bonds is 8. The normalized spacial score (nSPS) is 15.8. The minimum atomic E-state index is -0.747. The number of carboxylic acid groups (broad SMARTS) is 1. The molecule has 0 bridgehead atoms. The molecule has 5 heteroatoms. The van der Waals surface area contributed by atoms with E-state index < -0.39 is 5.97 Å². The van der Waals surface area contributed by atoms with Gasteiger partial charge in [-0.05, 0) is 31.4 Å². The average molecular weight is 305 g/mol. The Balaban J connectivity index is 2.06. The molecule has 0 saturated carbocycles. The molecule has 1 fully saturated rings. The molecular weight excluding hydrogens is 278 g/mol. The summed E-state index contributed by atoms with van der Waals surface area (Å²) >= 11 is 0. The largest absolute Gasteiger partial charge is 0.481 e. The summed E-state index contributed by atoms with van der Waals surface area (Å²) in [4.78, 5) is 20.1. The first-order valence-corrected chi connectivity index (χ1v) is 8.30. The van der Waals surface area contributed by atoms with Crippen LogP contribution in [0, 0.1) is 5.92 Å². The molecule has 5 nitrogen and oxygen atoms in total. The second kappa shape index (κ2) is 8.01. The predicted octanol–water partition coefficient (Wildman–Crippen LogP) is 3.01. The van der Waals surface area contributed by atoms with Crippen LogP contribution in [0.5, 0.6) is 0 Å². The molecule has 122 valence electrons. The van der Waals surface area contributed by atoms with Gasteiger partial charge in [0.2, 0.25) is 0 Å². The zero-order chi connectivity index (χ0) is 15.9. The molecule has 1 aliphatic rings. The van der Waals surface area contributed by atoms with Crippen LogP contribution in [-0.2, 0) is 4.79 Å². The summed E-state index contributed by atoms with van der Waals surface area (Å²) in [6, 6.07) is 4.13. The van der Waals surface area contributed by atoms with Gasteiger partial charge in [-0.1, -0.05) is 20.3 Å².